The average molecular weight is 308 g/mol. The molecule has 1 aliphatic heterocycles. The Kier molecular flexibility index (Phi) is 7.49. The van der Waals surface area contributed by atoms with Crippen molar-refractivity contribution >= 4 is 5.91 Å². The predicted molar refractivity (Wildman–Crippen MR) is 77.0 cm³/mol. The minimum absolute atomic E-state index is 0.448. The third kappa shape index (κ3) is 8.29. The predicted octanol–water partition coefficient (Wildman–Crippen LogP) is 3.35. The lowest BCUT2D eigenvalue weighted by molar-refractivity contribution is -0.144. The van der Waals surface area contributed by atoms with Crippen molar-refractivity contribution in [1.82, 2.24) is 10.2 Å². The van der Waals surface area contributed by atoms with E-state index in [0.29, 0.717) is 18.5 Å². The van der Waals surface area contributed by atoms with E-state index in [1.807, 2.05) is 0 Å². The van der Waals surface area contributed by atoms with Gasteiger partial charge in [-0.25, -0.2) is 0 Å². The van der Waals surface area contributed by atoms with E-state index in [4.69, 9.17) is 0 Å². The quantitative estimate of drug-likeness (QED) is 0.782. The highest BCUT2D eigenvalue weighted by molar-refractivity contribution is 5.75. The fraction of sp³-hybridized carbons (Fsp3) is 0.933. The molecule has 1 rings (SSSR count). The Hall–Kier alpha value is -0.780. The van der Waals surface area contributed by atoms with Gasteiger partial charge in [-0.3, -0.25) is 4.79 Å². The van der Waals surface area contributed by atoms with Crippen LogP contribution in [0, 0.1) is 5.92 Å². The zero-order valence-electron chi connectivity index (χ0n) is 13.0. The highest BCUT2D eigenvalue weighted by atomic mass is 19.4. The molecule has 0 saturated carbocycles. The highest BCUT2D eigenvalue weighted by Gasteiger charge is 2.28. The summed E-state index contributed by atoms with van der Waals surface area (Å²) in [4.78, 5) is 13.8. The van der Waals surface area contributed by atoms with Crippen LogP contribution in [0.25, 0.3) is 0 Å². The Morgan fingerprint density at radius 3 is 2.67 bits per heavy atom. The summed E-state index contributed by atoms with van der Waals surface area (Å²) in [5.41, 5.74) is 0. The standard InChI is InChI=1S/C15H27F3N2O/c1-12(2)11-20-10-4-3-5-13(20)7-9-19-14(21)6-8-15(16,17)18/h12-13H,3-11H2,1-2H3,(H,19,21). The molecule has 3 nitrogen and oxygen atoms in total. The monoisotopic (exact) mass is 308 g/mol. The van der Waals surface area contributed by atoms with E-state index in [1.165, 1.54) is 12.8 Å². The van der Waals surface area contributed by atoms with Crippen molar-refractivity contribution in [3.05, 3.63) is 0 Å². The van der Waals surface area contributed by atoms with Crippen LogP contribution in [0.2, 0.25) is 0 Å². The number of nitrogens with one attached hydrogen (secondary N) is 1. The topological polar surface area (TPSA) is 32.3 Å². The first-order valence-electron chi connectivity index (χ1n) is 7.85. The molecular weight excluding hydrogens is 281 g/mol. The van der Waals surface area contributed by atoms with Crippen LogP contribution in [-0.4, -0.2) is 42.7 Å². The van der Waals surface area contributed by atoms with Gasteiger partial charge >= 0.3 is 6.18 Å². The van der Waals surface area contributed by atoms with Crippen molar-refractivity contribution < 1.29 is 18.0 Å². The number of halogens is 3. The van der Waals surface area contributed by atoms with E-state index >= 15 is 0 Å². The van der Waals surface area contributed by atoms with Crippen molar-refractivity contribution in [3.8, 4) is 0 Å². The van der Waals surface area contributed by atoms with Crippen molar-refractivity contribution in [1.29, 1.82) is 0 Å². The van der Waals surface area contributed by atoms with Gasteiger partial charge in [0, 0.05) is 25.6 Å². The summed E-state index contributed by atoms with van der Waals surface area (Å²) < 4.78 is 36.0. The number of nitrogens with zero attached hydrogens (tertiary/aromatic N) is 1. The summed E-state index contributed by atoms with van der Waals surface area (Å²) in [7, 11) is 0. The summed E-state index contributed by atoms with van der Waals surface area (Å²) in [6.07, 6.45) is -1.42. The minimum Gasteiger partial charge on any atom is -0.356 e. The van der Waals surface area contributed by atoms with E-state index in [-0.39, 0.29) is 0 Å². The SMILES string of the molecule is CC(C)CN1CCCCC1CCNC(=O)CCC(F)(F)F. The van der Waals surface area contributed by atoms with Crippen LogP contribution >= 0.6 is 0 Å². The summed E-state index contributed by atoms with van der Waals surface area (Å²) in [6.45, 7) is 6.97. The molecule has 0 aromatic rings. The molecule has 0 radical (unpaired) electrons. The molecular formula is C15H27F3N2O. The number of carbonyl (C=O) groups is 1. The van der Waals surface area contributed by atoms with Crippen LogP contribution < -0.4 is 5.32 Å². The Labute approximate surface area is 125 Å². The first kappa shape index (κ1) is 18.3. The summed E-state index contributed by atoms with van der Waals surface area (Å²) >= 11 is 0. The molecule has 1 N–H and O–H groups in total. The zero-order valence-corrected chi connectivity index (χ0v) is 13.0. The number of carbonyl (C=O) groups excluding carboxylic acids is 1. The van der Waals surface area contributed by atoms with Crippen molar-refractivity contribution in [2.45, 2.75) is 64.6 Å². The lowest BCUT2D eigenvalue weighted by Crippen LogP contribution is -2.43. The van der Waals surface area contributed by atoms with Crippen LogP contribution in [0.15, 0.2) is 0 Å². The van der Waals surface area contributed by atoms with Gasteiger partial charge in [-0.1, -0.05) is 20.3 Å². The number of rotatable bonds is 7. The fourth-order valence-corrected chi connectivity index (χ4v) is 2.82. The number of piperidine rings is 1. The maximum atomic E-state index is 12.0. The number of likely N-dealkylation sites (tertiary alicyclic amines) is 1. The Balaban J connectivity index is 2.24. The van der Waals surface area contributed by atoms with Crippen molar-refractivity contribution in [2.24, 2.45) is 5.92 Å². The highest BCUT2D eigenvalue weighted by Crippen LogP contribution is 2.22. The molecule has 0 aromatic carbocycles. The van der Waals surface area contributed by atoms with Gasteiger partial charge in [0.2, 0.25) is 5.91 Å². The lowest BCUT2D eigenvalue weighted by atomic mass is 9.98. The second kappa shape index (κ2) is 8.61. The summed E-state index contributed by atoms with van der Waals surface area (Å²) in [5, 5.41) is 2.61. The van der Waals surface area contributed by atoms with Crippen molar-refractivity contribution in [3.63, 3.8) is 0 Å². The molecule has 0 aliphatic carbocycles. The Bertz CT molecular complexity index is 319. The second-order valence-corrected chi connectivity index (χ2v) is 6.29. The van der Waals surface area contributed by atoms with Gasteiger partial charge in [-0.2, -0.15) is 13.2 Å². The third-order valence-corrected chi connectivity index (χ3v) is 3.78. The van der Waals surface area contributed by atoms with Gasteiger partial charge in [0.1, 0.15) is 0 Å². The Morgan fingerprint density at radius 1 is 1.33 bits per heavy atom. The molecule has 1 atom stereocenters. The first-order valence-corrected chi connectivity index (χ1v) is 7.85. The van der Waals surface area contributed by atoms with E-state index in [1.54, 1.807) is 0 Å². The van der Waals surface area contributed by atoms with E-state index in [2.05, 4.69) is 24.1 Å². The van der Waals surface area contributed by atoms with Crippen LogP contribution in [0.1, 0.15) is 52.4 Å². The molecule has 0 spiro atoms. The number of amides is 1. The average Bonchev–Trinajstić information content (AvgIpc) is 2.37. The number of hydrogen-bond acceptors (Lipinski definition) is 2. The van der Waals surface area contributed by atoms with Gasteiger partial charge in [-0.15, -0.1) is 0 Å². The largest absolute Gasteiger partial charge is 0.389 e. The fourth-order valence-electron chi connectivity index (χ4n) is 2.82. The minimum atomic E-state index is -4.26. The summed E-state index contributed by atoms with van der Waals surface area (Å²) in [5.74, 6) is 0.102. The molecule has 21 heavy (non-hydrogen) atoms. The van der Waals surface area contributed by atoms with Gasteiger partial charge in [0.25, 0.3) is 0 Å². The summed E-state index contributed by atoms with van der Waals surface area (Å²) in [6, 6.07) is 0.448. The second-order valence-electron chi connectivity index (χ2n) is 6.29. The van der Waals surface area contributed by atoms with Crippen LogP contribution in [-0.2, 0) is 4.79 Å². The molecule has 1 fully saturated rings. The third-order valence-electron chi connectivity index (χ3n) is 3.78. The smallest absolute Gasteiger partial charge is 0.356 e. The maximum absolute atomic E-state index is 12.0. The first-order chi connectivity index (χ1) is 9.78. The van der Waals surface area contributed by atoms with Gasteiger partial charge in [0.05, 0.1) is 6.42 Å². The molecule has 1 amide bonds. The maximum Gasteiger partial charge on any atom is 0.389 e. The van der Waals surface area contributed by atoms with E-state index in [0.717, 1.165) is 25.9 Å². The molecule has 0 bridgehead atoms. The van der Waals surface area contributed by atoms with Gasteiger partial charge in [-0.05, 0) is 31.7 Å². The molecule has 1 heterocycles. The van der Waals surface area contributed by atoms with Crippen LogP contribution in [0.3, 0.4) is 0 Å². The van der Waals surface area contributed by atoms with Crippen LogP contribution in [0.4, 0.5) is 13.2 Å². The zero-order chi connectivity index (χ0) is 15.9. The number of alkyl halides is 3. The lowest BCUT2D eigenvalue weighted by Gasteiger charge is -2.37. The van der Waals surface area contributed by atoms with Gasteiger partial charge < -0.3 is 10.2 Å². The van der Waals surface area contributed by atoms with E-state index in [9.17, 15) is 18.0 Å². The number of hydrogen-bond donors (Lipinski definition) is 1. The molecule has 6 heteroatoms. The molecule has 124 valence electrons. The molecule has 1 unspecified atom stereocenters. The van der Waals surface area contributed by atoms with E-state index < -0.39 is 24.9 Å². The van der Waals surface area contributed by atoms with Crippen molar-refractivity contribution in [2.75, 3.05) is 19.6 Å². The molecule has 0 aromatic heterocycles. The van der Waals surface area contributed by atoms with Gasteiger partial charge in [0.15, 0.2) is 0 Å². The normalized spacial score (nSPS) is 20.8. The van der Waals surface area contributed by atoms with Crippen LogP contribution in [0.5, 0.6) is 0 Å². The molecule has 1 aliphatic rings. The Morgan fingerprint density at radius 2 is 2.05 bits per heavy atom. The molecule has 1 saturated heterocycles.